The van der Waals surface area contributed by atoms with Gasteiger partial charge in [0.25, 0.3) is 0 Å². The van der Waals surface area contributed by atoms with Gasteiger partial charge in [-0.3, -0.25) is 4.79 Å². The Balaban J connectivity index is 1.67. The number of carboxylic acid groups (broad SMARTS) is 1. The minimum Gasteiger partial charge on any atom is -0.481 e. The molecule has 5 rings (SSSR count). The fraction of sp³-hybridized carbons (Fsp3) is 0.909. The molecule has 0 radical (unpaired) electrons. The number of fused-ring (bicyclic) bond motifs is 7. The van der Waals surface area contributed by atoms with Crippen LogP contribution in [0, 0.1) is 55.2 Å². The van der Waals surface area contributed by atoms with E-state index in [1.807, 2.05) is 6.92 Å². The van der Waals surface area contributed by atoms with Gasteiger partial charge in [-0.15, -0.1) is 0 Å². The molecule has 0 bridgehead atoms. The van der Waals surface area contributed by atoms with Crippen molar-refractivity contribution in [1.82, 2.24) is 0 Å². The first-order valence-electron chi connectivity index (χ1n) is 14.9. The van der Waals surface area contributed by atoms with Crippen molar-refractivity contribution < 1.29 is 15.0 Å². The molecule has 0 spiro atoms. The van der Waals surface area contributed by atoms with Crippen LogP contribution in [0.3, 0.4) is 0 Å². The highest BCUT2D eigenvalue weighted by Gasteiger charge is 2.76. The molecular formula is C33H54O3. The lowest BCUT2D eigenvalue weighted by molar-refractivity contribution is -0.281. The van der Waals surface area contributed by atoms with E-state index in [2.05, 4.69) is 68.4 Å². The Hall–Kier alpha value is -0.830. The van der Waals surface area contributed by atoms with E-state index >= 15 is 0 Å². The lowest BCUT2D eigenvalue weighted by atomic mass is 9.27. The van der Waals surface area contributed by atoms with Crippen molar-refractivity contribution in [3.63, 3.8) is 0 Å². The Morgan fingerprint density at radius 1 is 0.806 bits per heavy atom. The molecule has 0 aromatic carbocycles. The summed E-state index contributed by atoms with van der Waals surface area (Å²) in [6.07, 6.45) is 11.6. The summed E-state index contributed by atoms with van der Waals surface area (Å²) in [6.45, 7) is 24.3. The molecule has 0 aliphatic heterocycles. The molecular weight excluding hydrogens is 444 g/mol. The van der Waals surface area contributed by atoms with Crippen molar-refractivity contribution in [2.75, 3.05) is 0 Å². The van der Waals surface area contributed by atoms with Crippen LogP contribution in [0.1, 0.15) is 127 Å². The van der Waals surface area contributed by atoms with E-state index in [-0.39, 0.29) is 21.7 Å². The molecule has 2 N–H and O–H groups in total. The summed E-state index contributed by atoms with van der Waals surface area (Å²) in [5.74, 6) is 0.382. The van der Waals surface area contributed by atoms with Crippen molar-refractivity contribution in [3.8, 4) is 0 Å². The molecule has 4 fully saturated rings. The van der Waals surface area contributed by atoms with E-state index in [1.54, 1.807) is 5.57 Å². The Labute approximate surface area is 220 Å². The van der Waals surface area contributed by atoms with Crippen LogP contribution in [-0.2, 0) is 4.79 Å². The zero-order chi connectivity index (χ0) is 27.0. The molecule has 5 aliphatic carbocycles. The first-order chi connectivity index (χ1) is 16.3. The Kier molecular flexibility index (Phi) is 5.37. The van der Waals surface area contributed by atoms with Gasteiger partial charge < -0.3 is 10.2 Å². The van der Waals surface area contributed by atoms with Gasteiger partial charge in [0.1, 0.15) is 0 Å². The maximum Gasteiger partial charge on any atom is 0.312 e. The number of aliphatic carboxylic acids is 1. The number of hydrogen-bond acceptors (Lipinski definition) is 2. The number of carbonyl (C=O) groups is 1. The number of aliphatic hydroxyl groups excluding tert-OH is 1. The Morgan fingerprint density at radius 3 is 2.06 bits per heavy atom. The van der Waals surface area contributed by atoms with E-state index in [0.717, 1.165) is 25.7 Å². The molecule has 0 heterocycles. The fourth-order valence-electron chi connectivity index (χ4n) is 11.8. The molecule has 0 aromatic heterocycles. The second-order valence-corrected chi connectivity index (χ2v) is 16.4. The highest BCUT2D eigenvalue weighted by molar-refractivity contribution is 5.77. The fourth-order valence-corrected chi connectivity index (χ4v) is 11.8. The number of allylic oxidation sites excluding steroid dienone is 2. The maximum atomic E-state index is 12.8. The van der Waals surface area contributed by atoms with Crippen LogP contribution in [0.4, 0.5) is 0 Å². The van der Waals surface area contributed by atoms with Crippen molar-refractivity contribution >= 4 is 5.97 Å². The van der Waals surface area contributed by atoms with Crippen molar-refractivity contribution in [3.05, 3.63) is 11.6 Å². The summed E-state index contributed by atoms with van der Waals surface area (Å²) in [5, 5.41) is 21.6. The van der Waals surface area contributed by atoms with Crippen molar-refractivity contribution in [2.24, 2.45) is 55.2 Å². The molecule has 3 nitrogen and oxygen atoms in total. The second kappa shape index (κ2) is 7.22. The van der Waals surface area contributed by atoms with Gasteiger partial charge in [0.05, 0.1) is 11.5 Å². The molecule has 5 aliphatic rings. The third-order valence-corrected chi connectivity index (χ3v) is 16.1. The number of hydrogen-bond donors (Lipinski definition) is 2. The quantitative estimate of drug-likeness (QED) is 0.358. The highest BCUT2D eigenvalue weighted by Crippen LogP contribution is 2.81. The predicted molar refractivity (Wildman–Crippen MR) is 146 cm³/mol. The third kappa shape index (κ3) is 2.54. The molecule has 0 amide bonds. The van der Waals surface area contributed by atoms with Gasteiger partial charge >= 0.3 is 5.97 Å². The van der Waals surface area contributed by atoms with Crippen LogP contribution in [0.2, 0.25) is 0 Å². The minimum atomic E-state index is -1.12. The van der Waals surface area contributed by atoms with Crippen LogP contribution < -0.4 is 0 Å². The summed E-state index contributed by atoms with van der Waals surface area (Å²) in [5.41, 5.74) is 1.08. The first kappa shape index (κ1) is 26.8. The summed E-state index contributed by atoms with van der Waals surface area (Å²) >= 11 is 0. The largest absolute Gasteiger partial charge is 0.481 e. The first-order valence-corrected chi connectivity index (χ1v) is 14.9. The summed E-state index contributed by atoms with van der Waals surface area (Å²) in [6, 6.07) is 0. The standard InChI is InChI=1S/C33H54O3/c1-21-26(2,3)17-18-27(4)14-11-22-23(32(21,27)9)12-15-29(6)28(22,5)19-20-31(8)30(29,7)16-13-24(34)33(31,10)25(35)36/h12,21-22,24,34H,11,13-20H2,1-10H3,(H,35,36). The van der Waals surface area contributed by atoms with Gasteiger partial charge in [-0.25, -0.2) is 0 Å². The summed E-state index contributed by atoms with van der Waals surface area (Å²) in [7, 11) is 0. The number of rotatable bonds is 1. The molecule has 10 unspecified atom stereocenters. The smallest absolute Gasteiger partial charge is 0.312 e. The topological polar surface area (TPSA) is 57.5 Å². The highest BCUT2D eigenvalue weighted by atomic mass is 16.4. The molecule has 0 aromatic rings. The van der Waals surface area contributed by atoms with Crippen LogP contribution in [0.5, 0.6) is 0 Å². The van der Waals surface area contributed by atoms with E-state index in [9.17, 15) is 15.0 Å². The van der Waals surface area contributed by atoms with Crippen molar-refractivity contribution in [2.45, 2.75) is 133 Å². The SMILES string of the molecule is CC1C(C)(C)CCC2(C)CCC3C(=CCC4(C)C3(C)CCC3(C)C(C)(C(=O)O)C(O)CCC43C)C12C. The second-order valence-electron chi connectivity index (χ2n) is 16.4. The van der Waals surface area contributed by atoms with Gasteiger partial charge in [0.2, 0.25) is 0 Å². The molecule has 3 heteroatoms. The lowest BCUT2D eigenvalue weighted by Crippen LogP contribution is -2.73. The molecule has 204 valence electrons. The Morgan fingerprint density at radius 2 is 1.44 bits per heavy atom. The number of aliphatic hydroxyl groups is 1. The zero-order valence-corrected chi connectivity index (χ0v) is 25.0. The van der Waals surface area contributed by atoms with E-state index in [0.29, 0.717) is 29.1 Å². The van der Waals surface area contributed by atoms with Crippen LogP contribution >= 0.6 is 0 Å². The number of carboxylic acids is 1. The molecule has 0 saturated heterocycles. The van der Waals surface area contributed by atoms with Crippen LogP contribution in [-0.4, -0.2) is 22.3 Å². The van der Waals surface area contributed by atoms with Crippen LogP contribution in [0.15, 0.2) is 11.6 Å². The molecule has 10 atom stereocenters. The average molecular weight is 499 g/mol. The average Bonchev–Trinajstić information content (AvgIpc) is 2.80. The van der Waals surface area contributed by atoms with E-state index < -0.39 is 22.9 Å². The normalized spacial score (nSPS) is 58.0. The zero-order valence-electron chi connectivity index (χ0n) is 25.0. The third-order valence-electron chi connectivity index (χ3n) is 16.1. The molecule has 36 heavy (non-hydrogen) atoms. The predicted octanol–water partition coefficient (Wildman–Crippen LogP) is 8.26. The van der Waals surface area contributed by atoms with Gasteiger partial charge in [-0.1, -0.05) is 74.0 Å². The summed E-state index contributed by atoms with van der Waals surface area (Å²) in [4.78, 5) is 12.8. The van der Waals surface area contributed by atoms with E-state index in [4.69, 9.17) is 0 Å². The maximum absolute atomic E-state index is 12.8. The summed E-state index contributed by atoms with van der Waals surface area (Å²) < 4.78 is 0. The lowest BCUT2D eigenvalue weighted by Gasteiger charge is -2.77. The van der Waals surface area contributed by atoms with Gasteiger partial charge in [0.15, 0.2) is 0 Å². The van der Waals surface area contributed by atoms with Gasteiger partial charge in [-0.05, 0) is 114 Å². The monoisotopic (exact) mass is 498 g/mol. The van der Waals surface area contributed by atoms with Gasteiger partial charge in [-0.2, -0.15) is 0 Å². The van der Waals surface area contributed by atoms with Crippen molar-refractivity contribution in [1.29, 1.82) is 0 Å². The minimum absolute atomic E-state index is 0.00442. The molecule has 4 saturated carbocycles. The van der Waals surface area contributed by atoms with Crippen LogP contribution in [0.25, 0.3) is 0 Å². The van der Waals surface area contributed by atoms with E-state index in [1.165, 1.54) is 25.7 Å². The van der Waals surface area contributed by atoms with Gasteiger partial charge in [0, 0.05) is 0 Å². The Bertz CT molecular complexity index is 1010.